The van der Waals surface area contributed by atoms with E-state index < -0.39 is 5.41 Å². The van der Waals surface area contributed by atoms with Crippen LogP contribution in [0.25, 0.3) is 0 Å². The zero-order valence-electron chi connectivity index (χ0n) is 13.8. The van der Waals surface area contributed by atoms with E-state index in [2.05, 4.69) is 10.3 Å². The van der Waals surface area contributed by atoms with Gasteiger partial charge in [-0.15, -0.1) is 0 Å². The Hall–Kier alpha value is -2.30. The third-order valence-electron chi connectivity index (χ3n) is 3.52. The number of rotatable bonds is 4. The molecule has 1 aromatic carbocycles. The molecule has 0 bridgehead atoms. The van der Waals surface area contributed by atoms with Gasteiger partial charge in [-0.25, -0.2) is 4.98 Å². The van der Waals surface area contributed by atoms with Crippen LogP contribution in [0.15, 0.2) is 36.7 Å². The topological polar surface area (TPSA) is 56.1 Å². The van der Waals surface area contributed by atoms with Crippen molar-refractivity contribution in [3.8, 4) is 5.75 Å². The lowest BCUT2D eigenvalue weighted by Gasteiger charge is -2.24. The van der Waals surface area contributed by atoms with Crippen molar-refractivity contribution in [3.63, 3.8) is 0 Å². The van der Waals surface area contributed by atoms with Crippen LogP contribution in [0.4, 0.5) is 0 Å². The highest BCUT2D eigenvalue weighted by atomic mass is 16.5. The van der Waals surface area contributed by atoms with Crippen LogP contribution in [0.2, 0.25) is 0 Å². The maximum atomic E-state index is 12.4. The van der Waals surface area contributed by atoms with Crippen LogP contribution >= 0.6 is 0 Å². The standard InChI is InChI=1S/C17H23N3O2/c1-17(2,3)16(21)19-14(15-18-10-11-20(15)4)12-6-8-13(22-5)9-7-12/h6-11,14H,1-5H3,(H,19,21). The molecule has 1 unspecified atom stereocenters. The van der Waals surface area contributed by atoms with E-state index in [1.807, 2.05) is 62.8 Å². The first-order valence-electron chi connectivity index (χ1n) is 7.25. The van der Waals surface area contributed by atoms with E-state index in [-0.39, 0.29) is 11.9 Å². The minimum atomic E-state index is -0.462. The van der Waals surface area contributed by atoms with Crippen LogP contribution in [-0.4, -0.2) is 22.6 Å². The van der Waals surface area contributed by atoms with Gasteiger partial charge in [0.1, 0.15) is 17.6 Å². The van der Waals surface area contributed by atoms with Crippen LogP contribution in [0, 0.1) is 5.41 Å². The Balaban J connectivity index is 2.37. The zero-order valence-corrected chi connectivity index (χ0v) is 13.8. The Kier molecular flexibility index (Phi) is 4.54. The minimum absolute atomic E-state index is 0.0173. The maximum absolute atomic E-state index is 12.4. The number of hydrogen-bond acceptors (Lipinski definition) is 3. The summed E-state index contributed by atoms with van der Waals surface area (Å²) >= 11 is 0. The Morgan fingerprint density at radius 3 is 2.36 bits per heavy atom. The van der Waals surface area contributed by atoms with Crippen molar-refractivity contribution in [1.29, 1.82) is 0 Å². The molecule has 5 heteroatoms. The molecule has 0 aliphatic heterocycles. The van der Waals surface area contributed by atoms with Gasteiger partial charge in [0.05, 0.1) is 7.11 Å². The van der Waals surface area contributed by atoms with Crippen LogP contribution < -0.4 is 10.1 Å². The number of nitrogens with one attached hydrogen (secondary N) is 1. The van der Waals surface area contributed by atoms with E-state index in [1.54, 1.807) is 13.3 Å². The summed E-state index contributed by atoms with van der Waals surface area (Å²) in [6, 6.07) is 7.36. The lowest BCUT2D eigenvalue weighted by molar-refractivity contribution is -0.129. The molecule has 0 spiro atoms. The van der Waals surface area contributed by atoms with Crippen LogP contribution in [0.1, 0.15) is 38.2 Å². The number of carbonyl (C=O) groups is 1. The average molecular weight is 301 g/mol. The molecule has 0 aliphatic carbocycles. The third kappa shape index (κ3) is 3.47. The molecular weight excluding hydrogens is 278 g/mol. The van der Waals surface area contributed by atoms with Gasteiger partial charge in [-0.3, -0.25) is 4.79 Å². The van der Waals surface area contributed by atoms with E-state index in [0.717, 1.165) is 17.1 Å². The highest BCUT2D eigenvalue weighted by Crippen LogP contribution is 2.25. The molecule has 1 atom stereocenters. The van der Waals surface area contributed by atoms with Gasteiger partial charge in [0, 0.05) is 24.9 Å². The third-order valence-corrected chi connectivity index (χ3v) is 3.52. The molecule has 0 aliphatic rings. The van der Waals surface area contributed by atoms with Crippen molar-refractivity contribution >= 4 is 5.91 Å². The van der Waals surface area contributed by atoms with E-state index in [1.165, 1.54) is 0 Å². The normalized spacial score (nSPS) is 12.8. The van der Waals surface area contributed by atoms with E-state index >= 15 is 0 Å². The SMILES string of the molecule is COc1ccc(C(NC(=O)C(C)(C)C)c2nccn2C)cc1. The number of amides is 1. The Bertz CT molecular complexity index is 639. The summed E-state index contributed by atoms with van der Waals surface area (Å²) in [6.45, 7) is 5.68. The summed E-state index contributed by atoms with van der Waals surface area (Å²) < 4.78 is 7.11. The van der Waals surface area contributed by atoms with Crippen molar-refractivity contribution in [3.05, 3.63) is 48.0 Å². The van der Waals surface area contributed by atoms with Crippen LogP contribution in [-0.2, 0) is 11.8 Å². The average Bonchev–Trinajstić information content (AvgIpc) is 2.89. The first-order valence-corrected chi connectivity index (χ1v) is 7.25. The molecule has 1 amide bonds. The molecule has 2 aromatic rings. The largest absolute Gasteiger partial charge is 0.497 e. The van der Waals surface area contributed by atoms with E-state index in [0.29, 0.717) is 0 Å². The maximum Gasteiger partial charge on any atom is 0.226 e. The number of benzene rings is 1. The summed E-state index contributed by atoms with van der Waals surface area (Å²) in [5.41, 5.74) is 0.503. The van der Waals surface area contributed by atoms with Gasteiger partial charge < -0.3 is 14.6 Å². The Morgan fingerprint density at radius 1 is 1.27 bits per heavy atom. The van der Waals surface area contributed by atoms with E-state index in [9.17, 15) is 4.79 Å². The second-order valence-electron chi connectivity index (χ2n) is 6.33. The van der Waals surface area contributed by atoms with Crippen molar-refractivity contribution in [2.75, 3.05) is 7.11 Å². The quantitative estimate of drug-likeness (QED) is 0.944. The fourth-order valence-electron chi connectivity index (χ4n) is 2.10. The predicted molar refractivity (Wildman–Crippen MR) is 85.6 cm³/mol. The molecule has 22 heavy (non-hydrogen) atoms. The summed E-state index contributed by atoms with van der Waals surface area (Å²) in [6.07, 6.45) is 3.60. The van der Waals surface area contributed by atoms with Crippen LogP contribution in [0.3, 0.4) is 0 Å². The molecule has 118 valence electrons. The molecule has 1 aromatic heterocycles. The van der Waals surface area contributed by atoms with Gasteiger partial charge in [-0.05, 0) is 17.7 Å². The summed E-state index contributed by atoms with van der Waals surface area (Å²) in [4.78, 5) is 16.8. The molecule has 1 N–H and O–H groups in total. The number of ether oxygens (including phenoxy) is 1. The summed E-state index contributed by atoms with van der Waals surface area (Å²) in [5.74, 6) is 1.56. The fourth-order valence-corrected chi connectivity index (χ4v) is 2.10. The zero-order chi connectivity index (χ0) is 16.3. The molecule has 0 fully saturated rings. The number of imidazole rings is 1. The summed E-state index contributed by atoms with van der Waals surface area (Å²) in [5, 5.41) is 3.09. The highest BCUT2D eigenvalue weighted by molar-refractivity contribution is 5.82. The second-order valence-corrected chi connectivity index (χ2v) is 6.33. The van der Waals surface area contributed by atoms with Gasteiger partial charge in [0.25, 0.3) is 0 Å². The molecule has 0 saturated heterocycles. The molecular formula is C17H23N3O2. The van der Waals surface area contributed by atoms with Gasteiger partial charge >= 0.3 is 0 Å². The van der Waals surface area contributed by atoms with Crippen molar-refractivity contribution in [2.45, 2.75) is 26.8 Å². The lowest BCUT2D eigenvalue weighted by atomic mass is 9.94. The first kappa shape index (κ1) is 16.1. The van der Waals surface area contributed by atoms with Crippen molar-refractivity contribution in [2.24, 2.45) is 12.5 Å². The Morgan fingerprint density at radius 2 is 1.91 bits per heavy atom. The monoisotopic (exact) mass is 301 g/mol. The summed E-state index contributed by atoms with van der Waals surface area (Å²) in [7, 11) is 3.55. The number of methoxy groups -OCH3 is 1. The second kappa shape index (κ2) is 6.22. The van der Waals surface area contributed by atoms with Gasteiger partial charge in [-0.2, -0.15) is 0 Å². The molecule has 1 heterocycles. The number of aromatic nitrogens is 2. The number of carbonyl (C=O) groups excluding carboxylic acids is 1. The highest BCUT2D eigenvalue weighted by Gasteiger charge is 2.27. The number of aryl methyl sites for hydroxylation is 1. The number of nitrogens with zero attached hydrogens (tertiary/aromatic N) is 2. The van der Waals surface area contributed by atoms with Crippen molar-refractivity contribution in [1.82, 2.24) is 14.9 Å². The van der Waals surface area contributed by atoms with Crippen LogP contribution in [0.5, 0.6) is 5.75 Å². The number of hydrogen-bond donors (Lipinski definition) is 1. The minimum Gasteiger partial charge on any atom is -0.497 e. The lowest BCUT2D eigenvalue weighted by Crippen LogP contribution is -2.38. The Labute approximate surface area is 131 Å². The fraction of sp³-hybridized carbons (Fsp3) is 0.412. The predicted octanol–water partition coefficient (Wildman–Crippen LogP) is 2.68. The molecule has 0 saturated carbocycles. The van der Waals surface area contributed by atoms with E-state index in [4.69, 9.17) is 4.74 Å². The van der Waals surface area contributed by atoms with Crippen molar-refractivity contribution < 1.29 is 9.53 Å². The van der Waals surface area contributed by atoms with Gasteiger partial charge in [-0.1, -0.05) is 32.9 Å². The molecule has 0 radical (unpaired) electrons. The smallest absolute Gasteiger partial charge is 0.226 e. The molecule has 5 nitrogen and oxygen atoms in total. The van der Waals surface area contributed by atoms with Gasteiger partial charge in [0.15, 0.2) is 0 Å². The first-order chi connectivity index (χ1) is 10.3. The van der Waals surface area contributed by atoms with Gasteiger partial charge in [0.2, 0.25) is 5.91 Å². The molecule has 2 rings (SSSR count).